The molecule has 1 rings (SSSR count). The van der Waals surface area contributed by atoms with Gasteiger partial charge in [0.2, 0.25) is 0 Å². The molecule has 0 aliphatic heterocycles. The Morgan fingerprint density at radius 1 is 1.45 bits per heavy atom. The van der Waals surface area contributed by atoms with Crippen molar-refractivity contribution in [3.05, 3.63) is 23.8 Å². The van der Waals surface area contributed by atoms with E-state index in [4.69, 9.17) is 5.73 Å². The lowest BCUT2D eigenvalue weighted by Crippen LogP contribution is -1.99. The number of nitrogen functional groups attached to an aromatic ring is 1. The predicted octanol–water partition coefficient (Wildman–Crippen LogP) is 2.01. The second-order valence-electron chi connectivity index (χ2n) is 2.60. The molecule has 1 aromatic rings. The van der Waals surface area contributed by atoms with E-state index in [9.17, 15) is 0 Å². The van der Waals surface area contributed by atoms with E-state index >= 15 is 0 Å². The Labute approximate surface area is 67.4 Å². The van der Waals surface area contributed by atoms with Gasteiger partial charge >= 0.3 is 0 Å². The lowest BCUT2D eigenvalue weighted by Gasteiger charge is -2.06. The molecule has 11 heavy (non-hydrogen) atoms. The Hall–Kier alpha value is -1.18. The molecule has 0 aliphatic carbocycles. The summed E-state index contributed by atoms with van der Waals surface area (Å²) in [6.45, 7) is 5.08. The zero-order valence-corrected chi connectivity index (χ0v) is 7.02. The molecule has 0 radical (unpaired) electrons. The largest absolute Gasteiger partial charge is 0.399 e. The minimum absolute atomic E-state index is 0.823. The molecule has 60 valence electrons. The van der Waals surface area contributed by atoms with E-state index in [0.717, 1.165) is 12.2 Å². The summed E-state index contributed by atoms with van der Waals surface area (Å²) in [6.07, 6.45) is 0. The van der Waals surface area contributed by atoms with Gasteiger partial charge in [0.15, 0.2) is 0 Å². The van der Waals surface area contributed by atoms with E-state index < -0.39 is 0 Å². The van der Waals surface area contributed by atoms with E-state index in [1.165, 1.54) is 11.3 Å². The molecule has 1 aromatic carbocycles. The van der Waals surface area contributed by atoms with Crippen molar-refractivity contribution in [2.24, 2.45) is 0 Å². The van der Waals surface area contributed by atoms with Crippen molar-refractivity contribution in [3.63, 3.8) is 0 Å². The first-order chi connectivity index (χ1) is 5.24. The maximum Gasteiger partial charge on any atom is 0.0371 e. The molecule has 0 amide bonds. The van der Waals surface area contributed by atoms with Gasteiger partial charge in [-0.2, -0.15) is 0 Å². The van der Waals surface area contributed by atoms with Crippen LogP contribution in [-0.4, -0.2) is 6.54 Å². The molecule has 0 aromatic heterocycles. The fourth-order valence-electron chi connectivity index (χ4n) is 1.08. The lowest BCUT2D eigenvalue weighted by atomic mass is 10.2. The molecular formula is C9H14N2. The van der Waals surface area contributed by atoms with Gasteiger partial charge in [-0.1, -0.05) is 0 Å². The molecule has 3 N–H and O–H groups in total. The summed E-state index contributed by atoms with van der Waals surface area (Å²) >= 11 is 0. The van der Waals surface area contributed by atoms with Crippen LogP contribution in [0, 0.1) is 6.92 Å². The number of nitrogens with two attached hydrogens (primary N) is 1. The Morgan fingerprint density at radius 2 is 2.18 bits per heavy atom. The van der Waals surface area contributed by atoms with Crippen LogP contribution in [0.4, 0.5) is 11.4 Å². The molecule has 2 nitrogen and oxygen atoms in total. The average Bonchev–Trinajstić information content (AvgIpc) is 1.95. The molecule has 0 aliphatic rings. The number of anilines is 2. The highest BCUT2D eigenvalue weighted by atomic mass is 14.9. The van der Waals surface area contributed by atoms with Gasteiger partial charge in [0.05, 0.1) is 0 Å². The molecule has 0 bridgehead atoms. The highest BCUT2D eigenvalue weighted by molar-refractivity contribution is 5.57. The summed E-state index contributed by atoms with van der Waals surface area (Å²) in [5.41, 5.74) is 8.79. The third kappa shape index (κ3) is 1.87. The van der Waals surface area contributed by atoms with Gasteiger partial charge in [0, 0.05) is 17.9 Å². The normalized spacial score (nSPS) is 9.64. The number of nitrogens with one attached hydrogen (secondary N) is 1. The van der Waals surface area contributed by atoms with E-state index in [0.29, 0.717) is 0 Å². The second-order valence-corrected chi connectivity index (χ2v) is 2.60. The Bertz CT molecular complexity index is 243. The van der Waals surface area contributed by atoms with Crippen molar-refractivity contribution in [1.29, 1.82) is 0 Å². The van der Waals surface area contributed by atoms with Crippen molar-refractivity contribution in [1.82, 2.24) is 0 Å². The zero-order valence-electron chi connectivity index (χ0n) is 7.02. The molecular weight excluding hydrogens is 136 g/mol. The number of aryl methyl sites for hydroxylation is 1. The maximum absolute atomic E-state index is 5.60. The fraction of sp³-hybridized carbons (Fsp3) is 0.333. The number of hydrogen-bond acceptors (Lipinski definition) is 2. The summed E-state index contributed by atoms with van der Waals surface area (Å²) in [6, 6.07) is 5.89. The van der Waals surface area contributed by atoms with Gasteiger partial charge in [0.25, 0.3) is 0 Å². The molecule has 0 saturated heterocycles. The van der Waals surface area contributed by atoms with Crippen LogP contribution in [-0.2, 0) is 0 Å². The van der Waals surface area contributed by atoms with Crippen molar-refractivity contribution >= 4 is 11.4 Å². The van der Waals surface area contributed by atoms with Crippen molar-refractivity contribution < 1.29 is 0 Å². The minimum Gasteiger partial charge on any atom is -0.399 e. The fourth-order valence-corrected chi connectivity index (χ4v) is 1.08. The smallest absolute Gasteiger partial charge is 0.0371 e. The van der Waals surface area contributed by atoms with E-state index in [1.54, 1.807) is 0 Å². The van der Waals surface area contributed by atoms with Gasteiger partial charge in [-0.25, -0.2) is 0 Å². The van der Waals surface area contributed by atoms with Crippen LogP contribution in [0.2, 0.25) is 0 Å². The quantitative estimate of drug-likeness (QED) is 0.633. The van der Waals surface area contributed by atoms with Crippen LogP contribution in [0.5, 0.6) is 0 Å². The van der Waals surface area contributed by atoms with Crippen LogP contribution in [0.1, 0.15) is 12.5 Å². The van der Waals surface area contributed by atoms with Crippen molar-refractivity contribution in [3.8, 4) is 0 Å². The van der Waals surface area contributed by atoms with Gasteiger partial charge in [-0.05, 0) is 37.6 Å². The first-order valence-corrected chi connectivity index (χ1v) is 3.84. The lowest BCUT2D eigenvalue weighted by molar-refractivity contribution is 1.20. The molecule has 2 heteroatoms. The molecule has 0 saturated carbocycles. The van der Waals surface area contributed by atoms with E-state index in [-0.39, 0.29) is 0 Å². The monoisotopic (exact) mass is 150 g/mol. The topological polar surface area (TPSA) is 38.0 Å². The first-order valence-electron chi connectivity index (χ1n) is 3.84. The van der Waals surface area contributed by atoms with E-state index in [2.05, 4.69) is 12.2 Å². The predicted molar refractivity (Wildman–Crippen MR) is 49.8 cm³/mol. The standard InChI is InChI=1S/C9H14N2/c1-3-11-9-5-4-8(10)6-7(9)2/h4-6,11H,3,10H2,1-2H3. The minimum atomic E-state index is 0.823. The van der Waals surface area contributed by atoms with E-state index in [1.807, 2.05) is 25.1 Å². The first kappa shape index (κ1) is 7.92. The molecule has 0 heterocycles. The second kappa shape index (κ2) is 3.28. The Morgan fingerprint density at radius 3 is 2.73 bits per heavy atom. The average molecular weight is 150 g/mol. The summed E-state index contributed by atoms with van der Waals surface area (Å²) in [7, 11) is 0. The van der Waals surface area contributed by atoms with Crippen LogP contribution in [0.3, 0.4) is 0 Å². The number of hydrogen-bond donors (Lipinski definition) is 2. The Kier molecular flexibility index (Phi) is 2.36. The van der Waals surface area contributed by atoms with Gasteiger partial charge in [-0.15, -0.1) is 0 Å². The number of rotatable bonds is 2. The molecule has 0 fully saturated rings. The van der Waals surface area contributed by atoms with Gasteiger partial charge in [0.1, 0.15) is 0 Å². The van der Waals surface area contributed by atoms with Crippen molar-refractivity contribution in [2.75, 3.05) is 17.6 Å². The summed E-state index contributed by atoms with van der Waals surface area (Å²) < 4.78 is 0. The SMILES string of the molecule is CCNc1ccc(N)cc1C. The Balaban J connectivity index is 2.90. The molecule has 0 spiro atoms. The summed E-state index contributed by atoms with van der Waals surface area (Å²) in [5, 5.41) is 3.25. The maximum atomic E-state index is 5.60. The van der Waals surface area contributed by atoms with Crippen LogP contribution in [0.15, 0.2) is 18.2 Å². The molecule has 0 unspecified atom stereocenters. The number of benzene rings is 1. The third-order valence-electron chi connectivity index (χ3n) is 1.62. The molecule has 0 atom stereocenters. The van der Waals surface area contributed by atoms with Gasteiger partial charge in [-0.3, -0.25) is 0 Å². The van der Waals surface area contributed by atoms with Gasteiger partial charge < -0.3 is 11.1 Å². The summed E-state index contributed by atoms with van der Waals surface area (Å²) in [4.78, 5) is 0. The van der Waals surface area contributed by atoms with Crippen LogP contribution < -0.4 is 11.1 Å². The van der Waals surface area contributed by atoms with Crippen LogP contribution in [0.25, 0.3) is 0 Å². The van der Waals surface area contributed by atoms with Crippen LogP contribution >= 0.6 is 0 Å². The van der Waals surface area contributed by atoms with Crippen molar-refractivity contribution in [2.45, 2.75) is 13.8 Å². The summed E-state index contributed by atoms with van der Waals surface area (Å²) in [5.74, 6) is 0. The third-order valence-corrected chi connectivity index (χ3v) is 1.62. The highest BCUT2D eigenvalue weighted by Gasteiger charge is 1.94. The zero-order chi connectivity index (χ0) is 8.27. The highest BCUT2D eigenvalue weighted by Crippen LogP contribution is 2.16.